The van der Waals surface area contributed by atoms with E-state index in [4.69, 9.17) is 5.73 Å². The Morgan fingerprint density at radius 1 is 1.54 bits per heavy atom. The van der Waals surface area contributed by atoms with Gasteiger partial charge >= 0.3 is 6.09 Å². The van der Waals surface area contributed by atoms with Crippen molar-refractivity contribution in [3.63, 3.8) is 0 Å². The van der Waals surface area contributed by atoms with Gasteiger partial charge in [0.2, 0.25) is 0 Å². The average Bonchev–Trinajstić information content (AvgIpc) is 2.11. The highest BCUT2D eigenvalue weighted by Crippen LogP contribution is 2.11. The zero-order valence-electron chi connectivity index (χ0n) is 7.79. The van der Waals surface area contributed by atoms with Crippen molar-refractivity contribution in [1.29, 1.82) is 0 Å². The highest BCUT2D eigenvalue weighted by atomic mass is 16.5. The SMILES string of the molecule is C=CC(=O)C(C)=C(CC)OC(N)=O. The Hall–Kier alpha value is -1.58. The molecule has 0 heterocycles. The van der Waals surface area contributed by atoms with Gasteiger partial charge in [-0.3, -0.25) is 4.79 Å². The van der Waals surface area contributed by atoms with E-state index in [1.807, 2.05) is 0 Å². The Kier molecular flexibility index (Phi) is 4.51. The van der Waals surface area contributed by atoms with Gasteiger partial charge in [-0.05, 0) is 13.0 Å². The average molecular weight is 183 g/mol. The highest BCUT2D eigenvalue weighted by molar-refractivity contribution is 6.03. The third-order valence-corrected chi connectivity index (χ3v) is 1.52. The van der Waals surface area contributed by atoms with Crippen molar-refractivity contribution in [2.24, 2.45) is 5.73 Å². The van der Waals surface area contributed by atoms with Gasteiger partial charge in [-0.1, -0.05) is 13.5 Å². The van der Waals surface area contributed by atoms with Crippen molar-refractivity contribution in [1.82, 2.24) is 0 Å². The van der Waals surface area contributed by atoms with E-state index < -0.39 is 6.09 Å². The molecule has 4 heteroatoms. The summed E-state index contributed by atoms with van der Waals surface area (Å²) in [6.07, 6.45) is 0.692. The molecule has 13 heavy (non-hydrogen) atoms. The van der Waals surface area contributed by atoms with Crippen molar-refractivity contribution in [2.75, 3.05) is 0 Å². The number of ether oxygens (including phenoxy) is 1. The maximum absolute atomic E-state index is 11.1. The number of nitrogens with two attached hydrogens (primary N) is 1. The van der Waals surface area contributed by atoms with E-state index >= 15 is 0 Å². The van der Waals surface area contributed by atoms with Crippen LogP contribution in [0.4, 0.5) is 4.79 Å². The smallest absolute Gasteiger partial charge is 0.409 e. The Morgan fingerprint density at radius 2 is 2.08 bits per heavy atom. The van der Waals surface area contributed by atoms with E-state index in [9.17, 15) is 9.59 Å². The third-order valence-electron chi connectivity index (χ3n) is 1.52. The second kappa shape index (κ2) is 5.13. The number of amides is 1. The van der Waals surface area contributed by atoms with E-state index in [1.54, 1.807) is 13.8 Å². The fraction of sp³-hybridized carbons (Fsp3) is 0.333. The normalized spacial score (nSPS) is 11.5. The van der Waals surface area contributed by atoms with E-state index in [2.05, 4.69) is 11.3 Å². The second-order valence-corrected chi connectivity index (χ2v) is 2.39. The van der Waals surface area contributed by atoms with Crippen LogP contribution in [0.3, 0.4) is 0 Å². The lowest BCUT2D eigenvalue weighted by molar-refractivity contribution is -0.111. The topological polar surface area (TPSA) is 69.4 Å². The van der Waals surface area contributed by atoms with Gasteiger partial charge in [-0.2, -0.15) is 0 Å². The first-order valence-corrected chi connectivity index (χ1v) is 3.86. The van der Waals surface area contributed by atoms with Crippen molar-refractivity contribution >= 4 is 11.9 Å². The van der Waals surface area contributed by atoms with Gasteiger partial charge in [0, 0.05) is 12.0 Å². The fourth-order valence-electron chi connectivity index (χ4n) is 0.826. The molecule has 72 valence electrons. The molecule has 0 aromatic heterocycles. The predicted molar refractivity (Wildman–Crippen MR) is 48.9 cm³/mol. The lowest BCUT2D eigenvalue weighted by atomic mass is 10.1. The molecule has 2 N–H and O–H groups in total. The monoisotopic (exact) mass is 183 g/mol. The maximum Gasteiger partial charge on any atom is 0.409 e. The minimum absolute atomic E-state index is 0.266. The summed E-state index contributed by atoms with van der Waals surface area (Å²) in [5.74, 6) is 0.0236. The van der Waals surface area contributed by atoms with Crippen LogP contribution in [-0.4, -0.2) is 11.9 Å². The predicted octanol–water partition coefficient (Wildman–Crippen LogP) is 1.52. The summed E-state index contributed by atoms with van der Waals surface area (Å²) in [4.78, 5) is 21.5. The highest BCUT2D eigenvalue weighted by Gasteiger charge is 2.09. The summed E-state index contributed by atoms with van der Waals surface area (Å²) >= 11 is 0. The Bertz CT molecular complexity index is 266. The number of hydrogen-bond donors (Lipinski definition) is 1. The molecule has 0 rings (SSSR count). The van der Waals surface area contributed by atoms with E-state index in [0.717, 1.165) is 6.08 Å². The first-order chi connectivity index (χ1) is 6.02. The van der Waals surface area contributed by atoms with Crippen molar-refractivity contribution in [3.05, 3.63) is 24.0 Å². The van der Waals surface area contributed by atoms with Crippen LogP contribution in [0.25, 0.3) is 0 Å². The molecule has 0 saturated heterocycles. The van der Waals surface area contributed by atoms with Crippen molar-refractivity contribution in [2.45, 2.75) is 20.3 Å². The summed E-state index contributed by atoms with van der Waals surface area (Å²) in [6, 6.07) is 0. The third kappa shape index (κ3) is 3.55. The number of carbonyl (C=O) groups is 2. The second-order valence-electron chi connectivity index (χ2n) is 2.39. The maximum atomic E-state index is 11.1. The van der Waals surface area contributed by atoms with Gasteiger partial charge < -0.3 is 10.5 Å². The molecule has 0 radical (unpaired) electrons. The van der Waals surface area contributed by atoms with Crippen LogP contribution in [0.15, 0.2) is 24.0 Å². The number of allylic oxidation sites excluding steroid dienone is 3. The van der Waals surface area contributed by atoms with E-state index in [1.165, 1.54) is 0 Å². The Balaban J connectivity index is 4.77. The molecular weight excluding hydrogens is 170 g/mol. The van der Waals surface area contributed by atoms with Crippen molar-refractivity contribution in [3.8, 4) is 0 Å². The zero-order chi connectivity index (χ0) is 10.4. The Labute approximate surface area is 77.1 Å². The lowest BCUT2D eigenvalue weighted by Gasteiger charge is -2.06. The number of ketones is 1. The zero-order valence-corrected chi connectivity index (χ0v) is 7.79. The summed E-state index contributed by atoms with van der Waals surface area (Å²) in [6.45, 7) is 6.65. The molecular formula is C9H13NO3. The van der Waals surface area contributed by atoms with Crippen LogP contribution in [0.2, 0.25) is 0 Å². The molecule has 0 aliphatic carbocycles. The first-order valence-electron chi connectivity index (χ1n) is 3.86. The molecule has 0 aromatic rings. The fourth-order valence-corrected chi connectivity index (χ4v) is 0.826. The molecule has 0 aromatic carbocycles. The molecule has 0 atom stereocenters. The van der Waals surface area contributed by atoms with E-state index in [0.29, 0.717) is 12.0 Å². The van der Waals surface area contributed by atoms with Gasteiger partial charge in [-0.15, -0.1) is 0 Å². The van der Waals surface area contributed by atoms with Gasteiger partial charge in [-0.25, -0.2) is 4.79 Å². The summed E-state index contributed by atoms with van der Waals surface area (Å²) in [5.41, 5.74) is 5.17. The Morgan fingerprint density at radius 3 is 2.38 bits per heavy atom. The molecule has 1 amide bonds. The molecule has 0 aliphatic rings. The van der Waals surface area contributed by atoms with E-state index in [-0.39, 0.29) is 11.5 Å². The minimum atomic E-state index is -0.909. The minimum Gasteiger partial charge on any atom is -0.415 e. The number of hydrogen-bond acceptors (Lipinski definition) is 3. The van der Waals surface area contributed by atoms with Crippen LogP contribution >= 0.6 is 0 Å². The molecule has 0 fully saturated rings. The van der Waals surface area contributed by atoms with Crippen LogP contribution in [0, 0.1) is 0 Å². The van der Waals surface area contributed by atoms with Gasteiger partial charge in [0.15, 0.2) is 5.78 Å². The van der Waals surface area contributed by atoms with Crippen LogP contribution in [0.5, 0.6) is 0 Å². The number of rotatable bonds is 4. The first kappa shape index (κ1) is 11.4. The van der Waals surface area contributed by atoms with Gasteiger partial charge in [0.1, 0.15) is 5.76 Å². The summed E-state index contributed by atoms with van der Waals surface area (Å²) in [7, 11) is 0. The quantitative estimate of drug-likeness (QED) is 0.530. The summed E-state index contributed by atoms with van der Waals surface area (Å²) < 4.78 is 4.63. The molecule has 0 unspecified atom stereocenters. The molecule has 0 aliphatic heterocycles. The molecule has 0 saturated carbocycles. The largest absolute Gasteiger partial charge is 0.415 e. The number of primary amides is 1. The standard InChI is InChI=1S/C9H13NO3/c1-4-7(11)6(3)8(5-2)13-9(10)12/h4H,1,5H2,2-3H3,(H2,10,12). The molecule has 0 bridgehead atoms. The number of carbonyl (C=O) groups excluding carboxylic acids is 2. The van der Waals surface area contributed by atoms with Crippen LogP contribution in [-0.2, 0) is 9.53 Å². The van der Waals surface area contributed by atoms with Crippen LogP contribution in [0.1, 0.15) is 20.3 Å². The molecule has 0 spiro atoms. The van der Waals surface area contributed by atoms with Crippen molar-refractivity contribution < 1.29 is 14.3 Å². The molecule has 4 nitrogen and oxygen atoms in total. The lowest BCUT2D eigenvalue weighted by Crippen LogP contribution is -2.14. The van der Waals surface area contributed by atoms with Gasteiger partial charge in [0.05, 0.1) is 0 Å². The van der Waals surface area contributed by atoms with Gasteiger partial charge in [0.25, 0.3) is 0 Å². The summed E-state index contributed by atoms with van der Waals surface area (Å²) in [5, 5.41) is 0. The van der Waals surface area contributed by atoms with Crippen LogP contribution < -0.4 is 5.73 Å².